The molecular formula is C20H18FN3O3S. The van der Waals surface area contributed by atoms with Crippen LogP contribution in [0.5, 0.6) is 5.75 Å². The minimum Gasteiger partial charge on any atom is -0.495 e. The first-order chi connectivity index (χ1) is 13.6. The monoisotopic (exact) mass is 399 g/mol. The number of halogens is 1. The quantitative estimate of drug-likeness (QED) is 0.624. The van der Waals surface area contributed by atoms with Gasteiger partial charge in [0.15, 0.2) is 0 Å². The Kier molecular flexibility index (Phi) is 6.33. The van der Waals surface area contributed by atoms with Crippen LogP contribution in [0.25, 0.3) is 10.6 Å². The molecule has 0 saturated carbocycles. The van der Waals surface area contributed by atoms with E-state index in [2.05, 4.69) is 15.6 Å². The number of aromatic nitrogens is 1. The molecule has 2 aromatic carbocycles. The number of hydrogen-bond acceptors (Lipinski definition) is 5. The Morgan fingerprint density at radius 2 is 1.86 bits per heavy atom. The van der Waals surface area contributed by atoms with E-state index >= 15 is 0 Å². The number of methoxy groups -OCH3 is 1. The standard InChI is InChI=1S/C20H18FN3O3S/c1-27-17-5-3-2-4-16(17)24-19(26)18(25)22-11-10-15-12-28-20(23-15)13-6-8-14(21)9-7-13/h2-9,12H,10-11H2,1H3,(H,22,25)(H,24,26). The molecule has 0 spiro atoms. The Morgan fingerprint density at radius 1 is 1.11 bits per heavy atom. The number of thiazole rings is 1. The van der Waals surface area contributed by atoms with Gasteiger partial charge in [-0.25, -0.2) is 9.37 Å². The van der Waals surface area contributed by atoms with Crippen molar-refractivity contribution in [2.75, 3.05) is 19.0 Å². The van der Waals surface area contributed by atoms with E-state index in [1.165, 1.54) is 30.6 Å². The predicted octanol–water partition coefficient (Wildman–Crippen LogP) is 3.26. The van der Waals surface area contributed by atoms with Crippen molar-refractivity contribution >= 4 is 28.8 Å². The second kappa shape index (κ2) is 9.09. The largest absolute Gasteiger partial charge is 0.495 e. The summed E-state index contributed by atoms with van der Waals surface area (Å²) in [6, 6.07) is 12.9. The number of nitrogens with one attached hydrogen (secondary N) is 2. The number of hydrogen-bond donors (Lipinski definition) is 2. The second-order valence-electron chi connectivity index (χ2n) is 5.81. The molecule has 144 valence electrons. The lowest BCUT2D eigenvalue weighted by molar-refractivity contribution is -0.136. The summed E-state index contributed by atoms with van der Waals surface area (Å²) in [5.41, 5.74) is 2.04. The summed E-state index contributed by atoms with van der Waals surface area (Å²) in [6.45, 7) is 0.269. The minimum atomic E-state index is -0.769. The Bertz CT molecular complexity index is 973. The van der Waals surface area contributed by atoms with Gasteiger partial charge in [-0.1, -0.05) is 12.1 Å². The number of rotatable bonds is 6. The van der Waals surface area contributed by atoms with E-state index in [9.17, 15) is 14.0 Å². The minimum absolute atomic E-state index is 0.269. The number of ether oxygens (including phenoxy) is 1. The Morgan fingerprint density at radius 3 is 2.61 bits per heavy atom. The van der Waals surface area contributed by atoms with Crippen molar-refractivity contribution in [3.05, 3.63) is 65.4 Å². The molecule has 0 saturated heterocycles. The molecule has 2 amide bonds. The molecule has 0 bridgehead atoms. The van der Waals surface area contributed by atoms with Crippen LogP contribution in [0.15, 0.2) is 53.9 Å². The summed E-state index contributed by atoms with van der Waals surface area (Å²) in [4.78, 5) is 28.5. The van der Waals surface area contributed by atoms with Gasteiger partial charge in [-0.05, 0) is 36.4 Å². The van der Waals surface area contributed by atoms with Crippen molar-refractivity contribution in [1.82, 2.24) is 10.3 Å². The molecule has 0 aliphatic carbocycles. The van der Waals surface area contributed by atoms with Crippen LogP contribution in [0.2, 0.25) is 0 Å². The van der Waals surface area contributed by atoms with Crippen LogP contribution in [0.1, 0.15) is 5.69 Å². The van der Waals surface area contributed by atoms with Gasteiger partial charge in [0, 0.05) is 23.9 Å². The maximum atomic E-state index is 13.0. The van der Waals surface area contributed by atoms with Gasteiger partial charge in [0.25, 0.3) is 0 Å². The van der Waals surface area contributed by atoms with E-state index in [-0.39, 0.29) is 12.4 Å². The van der Waals surface area contributed by atoms with E-state index in [1.54, 1.807) is 36.4 Å². The molecule has 6 nitrogen and oxygen atoms in total. The zero-order valence-corrected chi connectivity index (χ0v) is 15.9. The van der Waals surface area contributed by atoms with E-state index in [4.69, 9.17) is 4.74 Å². The van der Waals surface area contributed by atoms with Gasteiger partial charge in [-0.2, -0.15) is 0 Å². The van der Waals surface area contributed by atoms with Crippen molar-refractivity contribution in [1.29, 1.82) is 0 Å². The van der Waals surface area contributed by atoms with Gasteiger partial charge >= 0.3 is 11.8 Å². The number of para-hydroxylation sites is 2. The highest BCUT2D eigenvalue weighted by Gasteiger charge is 2.15. The van der Waals surface area contributed by atoms with E-state index in [0.29, 0.717) is 17.9 Å². The van der Waals surface area contributed by atoms with Gasteiger partial charge in [0.1, 0.15) is 16.6 Å². The molecule has 3 aromatic rings. The third-order valence-corrected chi connectivity index (χ3v) is 4.81. The Balaban J connectivity index is 1.50. The summed E-state index contributed by atoms with van der Waals surface area (Å²) >= 11 is 1.44. The summed E-state index contributed by atoms with van der Waals surface area (Å²) in [5, 5.41) is 7.74. The highest BCUT2D eigenvalue weighted by Crippen LogP contribution is 2.24. The zero-order chi connectivity index (χ0) is 19.9. The van der Waals surface area contributed by atoms with Gasteiger partial charge in [0.2, 0.25) is 0 Å². The first-order valence-electron chi connectivity index (χ1n) is 8.49. The highest BCUT2D eigenvalue weighted by molar-refractivity contribution is 7.13. The molecule has 0 aliphatic rings. The summed E-state index contributed by atoms with van der Waals surface area (Å²) in [6.07, 6.45) is 0.478. The summed E-state index contributed by atoms with van der Waals surface area (Å²) < 4.78 is 18.1. The van der Waals surface area contributed by atoms with Crippen LogP contribution in [0.4, 0.5) is 10.1 Å². The van der Waals surface area contributed by atoms with Crippen molar-refractivity contribution < 1.29 is 18.7 Å². The lowest BCUT2D eigenvalue weighted by Gasteiger charge is -2.09. The molecule has 0 atom stereocenters. The third kappa shape index (κ3) is 4.92. The normalized spacial score (nSPS) is 10.4. The Labute approximate surface area is 165 Å². The average Bonchev–Trinajstić information content (AvgIpc) is 3.17. The van der Waals surface area contributed by atoms with Gasteiger partial charge in [-0.3, -0.25) is 9.59 Å². The maximum absolute atomic E-state index is 13.0. The van der Waals surface area contributed by atoms with Crippen molar-refractivity contribution in [2.45, 2.75) is 6.42 Å². The van der Waals surface area contributed by atoms with Crippen LogP contribution >= 0.6 is 11.3 Å². The molecule has 0 radical (unpaired) electrons. The van der Waals surface area contributed by atoms with Gasteiger partial charge < -0.3 is 15.4 Å². The molecular weight excluding hydrogens is 381 g/mol. The molecule has 1 aromatic heterocycles. The summed E-state index contributed by atoms with van der Waals surface area (Å²) in [5.74, 6) is -1.33. The topological polar surface area (TPSA) is 80.3 Å². The number of carbonyl (C=O) groups excluding carboxylic acids is 2. The molecule has 2 N–H and O–H groups in total. The fourth-order valence-corrected chi connectivity index (χ4v) is 3.32. The number of anilines is 1. The molecule has 1 heterocycles. The van der Waals surface area contributed by atoms with Crippen LogP contribution in [0, 0.1) is 5.82 Å². The fourth-order valence-electron chi connectivity index (χ4n) is 2.46. The lowest BCUT2D eigenvalue weighted by Crippen LogP contribution is -2.36. The SMILES string of the molecule is COc1ccccc1NC(=O)C(=O)NCCc1csc(-c2ccc(F)cc2)n1. The molecule has 8 heteroatoms. The van der Waals surface area contributed by atoms with Crippen LogP contribution < -0.4 is 15.4 Å². The predicted molar refractivity (Wildman–Crippen MR) is 106 cm³/mol. The van der Waals surface area contributed by atoms with Crippen molar-refractivity contribution in [3.63, 3.8) is 0 Å². The third-order valence-electron chi connectivity index (χ3n) is 3.87. The number of amides is 2. The Hall–Kier alpha value is -3.26. The van der Waals surface area contributed by atoms with Crippen LogP contribution in [-0.4, -0.2) is 30.5 Å². The lowest BCUT2D eigenvalue weighted by atomic mass is 10.2. The molecule has 3 rings (SSSR count). The smallest absolute Gasteiger partial charge is 0.313 e. The molecule has 0 fully saturated rings. The fraction of sp³-hybridized carbons (Fsp3) is 0.150. The molecule has 0 aliphatic heterocycles. The number of carbonyl (C=O) groups is 2. The van der Waals surface area contributed by atoms with Gasteiger partial charge in [0.05, 0.1) is 18.5 Å². The van der Waals surface area contributed by atoms with E-state index < -0.39 is 11.8 Å². The van der Waals surface area contributed by atoms with Crippen LogP contribution in [0.3, 0.4) is 0 Å². The zero-order valence-electron chi connectivity index (χ0n) is 15.1. The number of nitrogens with zero attached hydrogens (tertiary/aromatic N) is 1. The van der Waals surface area contributed by atoms with Crippen molar-refractivity contribution in [3.8, 4) is 16.3 Å². The number of benzene rings is 2. The highest BCUT2D eigenvalue weighted by atomic mass is 32.1. The van der Waals surface area contributed by atoms with Crippen molar-refractivity contribution in [2.24, 2.45) is 0 Å². The van der Waals surface area contributed by atoms with E-state index in [1.807, 2.05) is 5.38 Å². The average molecular weight is 399 g/mol. The van der Waals surface area contributed by atoms with E-state index in [0.717, 1.165) is 16.3 Å². The molecule has 28 heavy (non-hydrogen) atoms. The summed E-state index contributed by atoms with van der Waals surface area (Å²) in [7, 11) is 1.49. The molecule has 0 unspecified atom stereocenters. The first-order valence-corrected chi connectivity index (χ1v) is 9.37. The van der Waals surface area contributed by atoms with Crippen LogP contribution in [-0.2, 0) is 16.0 Å². The van der Waals surface area contributed by atoms with Gasteiger partial charge in [-0.15, -0.1) is 11.3 Å². The second-order valence-corrected chi connectivity index (χ2v) is 6.67. The first kappa shape index (κ1) is 19.5. The maximum Gasteiger partial charge on any atom is 0.313 e.